The van der Waals surface area contributed by atoms with E-state index in [0.717, 1.165) is 0 Å². The third-order valence-electron chi connectivity index (χ3n) is 4.65. The average molecular weight is 380 g/mol. The molecular formula is C20H16N2O6. The molecule has 8 heteroatoms. The van der Waals surface area contributed by atoms with Crippen molar-refractivity contribution < 1.29 is 18.8 Å². The lowest BCUT2D eigenvalue weighted by atomic mass is 9.86. The summed E-state index contributed by atoms with van der Waals surface area (Å²) in [7, 11) is 3.03. The van der Waals surface area contributed by atoms with Crippen molar-refractivity contribution in [2.45, 2.75) is 5.92 Å². The molecular weight excluding hydrogens is 364 g/mol. The number of fused-ring (bicyclic) bond motifs is 3. The molecule has 1 N–H and O–H groups in total. The highest BCUT2D eigenvalue weighted by molar-refractivity contribution is 5.85. The number of nitrogens with one attached hydrogen (secondary N) is 1. The summed E-state index contributed by atoms with van der Waals surface area (Å²) in [6, 6.07) is 13.7. The summed E-state index contributed by atoms with van der Waals surface area (Å²) < 4.78 is 16.5. The molecule has 1 atom stereocenters. The van der Waals surface area contributed by atoms with Gasteiger partial charge in [0.25, 0.3) is 5.88 Å². The highest BCUT2D eigenvalue weighted by Gasteiger charge is 2.43. The van der Waals surface area contributed by atoms with Gasteiger partial charge in [-0.1, -0.05) is 24.3 Å². The van der Waals surface area contributed by atoms with Crippen LogP contribution in [0.1, 0.15) is 17.0 Å². The zero-order valence-corrected chi connectivity index (χ0v) is 15.1. The van der Waals surface area contributed by atoms with Crippen LogP contribution in [0.15, 0.2) is 69.3 Å². The Morgan fingerprint density at radius 1 is 1.18 bits per heavy atom. The number of ether oxygens (including phenoxy) is 2. The standard InChI is InChI=1S/C20H16N2O6/c1-21-19-17(22(24)25)15(11-6-5-7-12(10-11)26-2)16-18(28-19)13-8-3-4-9-14(13)27-20(16)23/h3-10,15,21H,1-2H3. The summed E-state index contributed by atoms with van der Waals surface area (Å²) in [5, 5.41) is 15.2. The van der Waals surface area contributed by atoms with Crippen molar-refractivity contribution in [1.82, 2.24) is 5.32 Å². The fourth-order valence-corrected chi connectivity index (χ4v) is 3.43. The molecule has 3 aromatic rings. The van der Waals surface area contributed by atoms with Gasteiger partial charge in [0.2, 0.25) is 0 Å². The first kappa shape index (κ1) is 17.6. The van der Waals surface area contributed by atoms with Crippen LogP contribution in [-0.2, 0) is 0 Å². The molecule has 0 amide bonds. The van der Waals surface area contributed by atoms with E-state index in [9.17, 15) is 14.9 Å². The molecule has 2 heterocycles. The molecule has 2 aromatic carbocycles. The molecule has 8 nitrogen and oxygen atoms in total. The zero-order valence-electron chi connectivity index (χ0n) is 15.1. The quantitative estimate of drug-likeness (QED) is 0.421. The van der Waals surface area contributed by atoms with Gasteiger partial charge in [-0.05, 0) is 29.8 Å². The van der Waals surface area contributed by atoms with E-state index in [2.05, 4.69) is 5.32 Å². The van der Waals surface area contributed by atoms with E-state index in [1.165, 1.54) is 14.2 Å². The SMILES string of the molecule is CNC1=C([N+](=O)[O-])C(c2cccc(OC)c2)c2c(c3ccccc3oc2=O)O1. The summed E-state index contributed by atoms with van der Waals surface area (Å²) in [6.07, 6.45) is 0. The molecule has 0 spiro atoms. The molecule has 0 radical (unpaired) electrons. The van der Waals surface area contributed by atoms with E-state index < -0.39 is 16.5 Å². The van der Waals surface area contributed by atoms with Gasteiger partial charge in [-0.25, -0.2) is 4.79 Å². The second-order valence-corrected chi connectivity index (χ2v) is 6.16. The normalized spacial score (nSPS) is 15.7. The molecule has 0 saturated carbocycles. The lowest BCUT2D eigenvalue weighted by molar-refractivity contribution is -0.432. The van der Waals surface area contributed by atoms with Gasteiger partial charge < -0.3 is 19.2 Å². The van der Waals surface area contributed by atoms with E-state index in [1.54, 1.807) is 48.5 Å². The van der Waals surface area contributed by atoms with E-state index in [0.29, 0.717) is 22.3 Å². The summed E-state index contributed by atoms with van der Waals surface area (Å²) >= 11 is 0. The van der Waals surface area contributed by atoms with Gasteiger partial charge in [-0.15, -0.1) is 0 Å². The minimum absolute atomic E-state index is 0.0268. The summed E-state index contributed by atoms with van der Waals surface area (Å²) in [5.74, 6) is -0.253. The zero-order chi connectivity index (χ0) is 19.8. The van der Waals surface area contributed by atoms with Gasteiger partial charge >= 0.3 is 11.3 Å². The average Bonchev–Trinajstić information content (AvgIpc) is 2.72. The van der Waals surface area contributed by atoms with Crippen molar-refractivity contribution in [2.24, 2.45) is 0 Å². The Labute approximate surface area is 159 Å². The first-order chi connectivity index (χ1) is 13.5. The molecule has 1 unspecified atom stereocenters. The lowest BCUT2D eigenvalue weighted by Crippen LogP contribution is -2.31. The highest BCUT2D eigenvalue weighted by Crippen LogP contribution is 2.44. The number of nitro groups is 1. The van der Waals surface area contributed by atoms with E-state index in [-0.39, 0.29) is 22.9 Å². The number of allylic oxidation sites excluding steroid dienone is 1. The molecule has 142 valence electrons. The van der Waals surface area contributed by atoms with Gasteiger partial charge in [-0.3, -0.25) is 10.1 Å². The first-order valence-corrected chi connectivity index (χ1v) is 8.49. The Morgan fingerprint density at radius 2 is 1.96 bits per heavy atom. The second-order valence-electron chi connectivity index (χ2n) is 6.16. The molecule has 1 aliphatic rings. The molecule has 0 aliphatic carbocycles. The molecule has 4 rings (SSSR count). The maximum Gasteiger partial charge on any atom is 0.344 e. The van der Waals surface area contributed by atoms with Crippen molar-refractivity contribution in [1.29, 1.82) is 0 Å². The van der Waals surface area contributed by atoms with Crippen LogP contribution in [0.5, 0.6) is 11.5 Å². The molecule has 28 heavy (non-hydrogen) atoms. The Balaban J connectivity index is 2.09. The van der Waals surface area contributed by atoms with Crippen LogP contribution < -0.4 is 20.4 Å². The maximum absolute atomic E-state index is 12.8. The molecule has 1 aliphatic heterocycles. The minimum atomic E-state index is -0.989. The van der Waals surface area contributed by atoms with Gasteiger partial charge in [0.05, 0.1) is 23.0 Å². The van der Waals surface area contributed by atoms with Crippen LogP contribution in [0.4, 0.5) is 0 Å². The van der Waals surface area contributed by atoms with E-state index in [4.69, 9.17) is 13.9 Å². The molecule has 0 bridgehead atoms. The summed E-state index contributed by atoms with van der Waals surface area (Å²) in [4.78, 5) is 24.2. The van der Waals surface area contributed by atoms with E-state index in [1.807, 2.05) is 0 Å². The van der Waals surface area contributed by atoms with Gasteiger partial charge in [0.15, 0.2) is 5.75 Å². The van der Waals surface area contributed by atoms with Crippen LogP contribution in [0.25, 0.3) is 11.0 Å². The van der Waals surface area contributed by atoms with Crippen molar-refractivity contribution in [3.63, 3.8) is 0 Å². The predicted octanol–water partition coefficient (Wildman–Crippen LogP) is 2.99. The molecule has 0 fully saturated rings. The highest BCUT2D eigenvalue weighted by atomic mass is 16.6. The fourth-order valence-electron chi connectivity index (χ4n) is 3.43. The Bertz CT molecular complexity index is 1180. The third-order valence-corrected chi connectivity index (χ3v) is 4.65. The smallest absolute Gasteiger partial charge is 0.344 e. The fraction of sp³-hybridized carbons (Fsp3) is 0.150. The van der Waals surface area contributed by atoms with Crippen LogP contribution >= 0.6 is 0 Å². The second kappa shape index (κ2) is 6.73. The number of benzene rings is 2. The van der Waals surface area contributed by atoms with Crippen LogP contribution in [0.2, 0.25) is 0 Å². The maximum atomic E-state index is 12.8. The topological polar surface area (TPSA) is 104 Å². The third kappa shape index (κ3) is 2.66. The lowest BCUT2D eigenvalue weighted by Gasteiger charge is -2.25. The van der Waals surface area contributed by atoms with Gasteiger partial charge in [0, 0.05) is 7.05 Å². The minimum Gasteiger partial charge on any atom is -0.497 e. The van der Waals surface area contributed by atoms with Crippen molar-refractivity contribution >= 4 is 11.0 Å². The largest absolute Gasteiger partial charge is 0.497 e. The number of para-hydroxylation sites is 1. The first-order valence-electron chi connectivity index (χ1n) is 8.49. The summed E-state index contributed by atoms with van der Waals surface area (Å²) in [5.41, 5.74) is -0.0129. The van der Waals surface area contributed by atoms with Crippen LogP contribution in [0.3, 0.4) is 0 Å². The van der Waals surface area contributed by atoms with Crippen molar-refractivity contribution in [2.75, 3.05) is 14.2 Å². The number of rotatable bonds is 4. The number of methoxy groups -OCH3 is 1. The number of nitrogens with zero attached hydrogens (tertiary/aromatic N) is 1. The van der Waals surface area contributed by atoms with Gasteiger partial charge in [-0.2, -0.15) is 0 Å². The van der Waals surface area contributed by atoms with E-state index >= 15 is 0 Å². The molecule has 0 saturated heterocycles. The van der Waals surface area contributed by atoms with Gasteiger partial charge in [0.1, 0.15) is 17.3 Å². The molecule has 1 aromatic heterocycles. The Hall–Kier alpha value is -3.81. The Kier molecular flexibility index (Phi) is 4.23. The van der Waals surface area contributed by atoms with Crippen molar-refractivity contribution in [3.05, 3.63) is 91.8 Å². The van der Waals surface area contributed by atoms with Crippen molar-refractivity contribution in [3.8, 4) is 11.5 Å². The van der Waals surface area contributed by atoms with Crippen LogP contribution in [0, 0.1) is 10.1 Å². The summed E-state index contributed by atoms with van der Waals surface area (Å²) in [6.45, 7) is 0. The number of hydrogen-bond acceptors (Lipinski definition) is 7. The number of hydrogen-bond donors (Lipinski definition) is 1. The predicted molar refractivity (Wildman–Crippen MR) is 101 cm³/mol. The monoisotopic (exact) mass is 380 g/mol. The van der Waals surface area contributed by atoms with Crippen LogP contribution in [-0.4, -0.2) is 19.1 Å². The Morgan fingerprint density at radius 3 is 2.68 bits per heavy atom.